The van der Waals surface area contributed by atoms with Crippen molar-refractivity contribution < 1.29 is 19.1 Å². The van der Waals surface area contributed by atoms with Gasteiger partial charge in [-0.3, -0.25) is 9.59 Å². The Morgan fingerprint density at radius 1 is 0.789 bits per heavy atom. The van der Waals surface area contributed by atoms with Gasteiger partial charge < -0.3 is 10.1 Å². The smallest absolute Gasteiger partial charge is 0.343 e. The summed E-state index contributed by atoms with van der Waals surface area (Å²) >= 11 is 12.8. The van der Waals surface area contributed by atoms with Crippen molar-refractivity contribution in [3.8, 4) is 5.75 Å². The molecular weight excluding hydrogens is 638 g/mol. The number of amides is 2. The molecule has 2 N–H and O–H groups in total. The Morgan fingerprint density at radius 3 is 2.29 bits per heavy atom. The topological polar surface area (TPSA) is 96.9 Å². The van der Waals surface area contributed by atoms with Crippen molar-refractivity contribution in [2.45, 2.75) is 0 Å². The summed E-state index contributed by atoms with van der Waals surface area (Å²) < 4.78 is 7.11. The van der Waals surface area contributed by atoms with Crippen LogP contribution < -0.4 is 15.5 Å². The molecule has 0 aromatic heterocycles. The first-order valence-corrected chi connectivity index (χ1v) is 13.0. The van der Waals surface area contributed by atoms with Crippen molar-refractivity contribution in [3.05, 3.63) is 127 Å². The van der Waals surface area contributed by atoms with Crippen LogP contribution in [0.2, 0.25) is 5.02 Å². The summed E-state index contributed by atoms with van der Waals surface area (Å²) in [4.78, 5) is 37.8. The number of carbonyl (C=O) groups is 3. The molecule has 0 spiro atoms. The lowest BCUT2D eigenvalue weighted by atomic mass is 10.1. The van der Waals surface area contributed by atoms with Gasteiger partial charge in [0.1, 0.15) is 5.75 Å². The van der Waals surface area contributed by atoms with E-state index in [0.717, 1.165) is 8.95 Å². The van der Waals surface area contributed by atoms with E-state index in [-0.39, 0.29) is 11.3 Å². The number of halogens is 3. The highest BCUT2D eigenvalue weighted by atomic mass is 79.9. The largest absolute Gasteiger partial charge is 0.422 e. The molecule has 0 saturated heterocycles. The Hall–Kier alpha value is -3.79. The molecule has 0 radical (unpaired) electrons. The predicted molar refractivity (Wildman–Crippen MR) is 154 cm³/mol. The maximum Gasteiger partial charge on any atom is 0.343 e. The fourth-order valence-electron chi connectivity index (χ4n) is 3.26. The van der Waals surface area contributed by atoms with E-state index in [0.29, 0.717) is 27.4 Å². The quantitative estimate of drug-likeness (QED) is 0.0961. The number of anilines is 1. The van der Waals surface area contributed by atoms with Crippen LogP contribution in [0.15, 0.2) is 105 Å². The molecule has 0 aliphatic heterocycles. The summed E-state index contributed by atoms with van der Waals surface area (Å²) in [6, 6.07) is 24.9. The third kappa shape index (κ3) is 7.16. The molecule has 190 valence electrons. The second-order valence-corrected chi connectivity index (χ2v) is 10.0. The summed E-state index contributed by atoms with van der Waals surface area (Å²) in [5.74, 6) is -1.16. The number of hydrazone groups is 1. The third-order valence-electron chi connectivity index (χ3n) is 5.13. The number of hydrogen-bond donors (Lipinski definition) is 2. The van der Waals surface area contributed by atoms with Crippen LogP contribution in [-0.2, 0) is 0 Å². The Kier molecular flexibility index (Phi) is 9.06. The first-order valence-electron chi connectivity index (χ1n) is 11.1. The number of rotatable bonds is 7. The van der Waals surface area contributed by atoms with Crippen LogP contribution in [0.25, 0.3) is 0 Å². The lowest BCUT2D eigenvalue weighted by Crippen LogP contribution is -2.18. The van der Waals surface area contributed by atoms with Crippen molar-refractivity contribution >= 4 is 73.1 Å². The highest BCUT2D eigenvalue weighted by Crippen LogP contribution is 2.23. The normalized spacial score (nSPS) is 10.7. The van der Waals surface area contributed by atoms with Crippen LogP contribution in [0.1, 0.15) is 36.6 Å². The van der Waals surface area contributed by atoms with Gasteiger partial charge in [-0.25, -0.2) is 10.2 Å². The van der Waals surface area contributed by atoms with E-state index in [1.807, 2.05) is 0 Å². The molecule has 38 heavy (non-hydrogen) atoms. The van der Waals surface area contributed by atoms with Crippen LogP contribution in [0.4, 0.5) is 5.69 Å². The molecule has 4 aromatic rings. The molecule has 0 atom stereocenters. The predicted octanol–water partition coefficient (Wildman–Crippen LogP) is 7.10. The van der Waals surface area contributed by atoms with Crippen LogP contribution in [0, 0.1) is 0 Å². The van der Waals surface area contributed by atoms with Crippen LogP contribution >= 0.6 is 43.5 Å². The lowest BCUT2D eigenvalue weighted by Gasteiger charge is -2.09. The molecular formula is C28H18Br2ClN3O4. The van der Waals surface area contributed by atoms with E-state index >= 15 is 0 Å². The first-order chi connectivity index (χ1) is 18.3. The van der Waals surface area contributed by atoms with Gasteiger partial charge in [-0.1, -0.05) is 61.7 Å². The highest BCUT2D eigenvalue weighted by Gasteiger charge is 2.13. The lowest BCUT2D eigenvalue weighted by molar-refractivity contribution is 0.0733. The van der Waals surface area contributed by atoms with E-state index in [1.165, 1.54) is 12.3 Å². The molecule has 4 rings (SSSR count). The van der Waals surface area contributed by atoms with Gasteiger partial charge in [-0.05, 0) is 72.8 Å². The zero-order chi connectivity index (χ0) is 27.1. The fraction of sp³-hybridized carbons (Fsp3) is 0. The Bertz CT molecular complexity index is 1540. The molecule has 0 aliphatic rings. The molecule has 10 heteroatoms. The maximum atomic E-state index is 12.7. The number of nitrogens with one attached hydrogen (secondary N) is 2. The average Bonchev–Trinajstić information content (AvgIpc) is 2.90. The van der Waals surface area contributed by atoms with Crippen LogP contribution in [0.5, 0.6) is 5.75 Å². The van der Waals surface area contributed by atoms with Gasteiger partial charge in [0.05, 0.1) is 22.4 Å². The van der Waals surface area contributed by atoms with E-state index in [2.05, 4.69) is 47.7 Å². The molecule has 0 unspecified atom stereocenters. The molecule has 0 heterocycles. The summed E-state index contributed by atoms with van der Waals surface area (Å²) in [6.07, 6.45) is 1.37. The number of hydrogen-bond acceptors (Lipinski definition) is 5. The Balaban J connectivity index is 1.43. The molecule has 4 aromatic carbocycles. The zero-order valence-electron chi connectivity index (χ0n) is 19.5. The second-order valence-electron chi connectivity index (χ2n) is 7.79. The highest BCUT2D eigenvalue weighted by molar-refractivity contribution is 9.10. The van der Waals surface area contributed by atoms with E-state index in [1.54, 1.807) is 84.9 Å². The van der Waals surface area contributed by atoms with Gasteiger partial charge in [0.25, 0.3) is 11.8 Å². The summed E-state index contributed by atoms with van der Waals surface area (Å²) in [7, 11) is 0. The van der Waals surface area contributed by atoms with Crippen molar-refractivity contribution in [1.29, 1.82) is 0 Å². The molecule has 2 amide bonds. The second kappa shape index (κ2) is 12.6. The number of esters is 1. The van der Waals surface area contributed by atoms with Crippen molar-refractivity contribution in [2.24, 2.45) is 5.10 Å². The van der Waals surface area contributed by atoms with Gasteiger partial charge in [0, 0.05) is 25.8 Å². The van der Waals surface area contributed by atoms with E-state index in [9.17, 15) is 14.4 Å². The molecule has 0 saturated carbocycles. The Morgan fingerprint density at radius 2 is 1.53 bits per heavy atom. The number of carbonyl (C=O) groups excluding carboxylic acids is 3. The fourth-order valence-corrected chi connectivity index (χ4v) is 4.13. The molecule has 0 fully saturated rings. The standard InChI is InChI=1S/C28H18Br2ClN3O4/c29-20-10-8-17(9-11-20)28(37)38-25-13-12-21(30)14-19(25)16-32-34-26(35)18-4-3-5-22(15-18)33-27(36)23-6-1-2-7-24(23)31/h1-16H,(H,33,36)(H,34,35). The summed E-state index contributed by atoms with van der Waals surface area (Å²) in [5.41, 5.74) is 4.30. The van der Waals surface area contributed by atoms with Gasteiger partial charge in [-0.2, -0.15) is 5.10 Å². The first kappa shape index (κ1) is 27.3. The molecule has 7 nitrogen and oxygen atoms in total. The van der Waals surface area contributed by atoms with Gasteiger partial charge >= 0.3 is 5.97 Å². The van der Waals surface area contributed by atoms with Crippen molar-refractivity contribution in [2.75, 3.05) is 5.32 Å². The van der Waals surface area contributed by atoms with E-state index < -0.39 is 17.8 Å². The van der Waals surface area contributed by atoms with E-state index in [4.69, 9.17) is 16.3 Å². The number of benzene rings is 4. The monoisotopic (exact) mass is 653 g/mol. The van der Waals surface area contributed by atoms with Gasteiger partial charge in [0.2, 0.25) is 0 Å². The third-order valence-corrected chi connectivity index (χ3v) is 6.48. The SMILES string of the molecule is O=C(NN=Cc1cc(Br)ccc1OC(=O)c1ccc(Br)cc1)c1cccc(NC(=O)c2ccccc2Cl)c1. The minimum absolute atomic E-state index is 0.267. The number of ether oxygens (including phenoxy) is 1. The van der Waals surface area contributed by atoms with Gasteiger partial charge in [0.15, 0.2) is 0 Å². The molecule has 0 bridgehead atoms. The average molecular weight is 656 g/mol. The summed E-state index contributed by atoms with van der Waals surface area (Å²) in [6.45, 7) is 0. The minimum atomic E-state index is -0.533. The maximum absolute atomic E-state index is 12.7. The van der Waals surface area contributed by atoms with Gasteiger partial charge in [-0.15, -0.1) is 0 Å². The number of nitrogens with zero attached hydrogens (tertiary/aromatic N) is 1. The van der Waals surface area contributed by atoms with Crippen molar-refractivity contribution in [3.63, 3.8) is 0 Å². The molecule has 0 aliphatic carbocycles. The van der Waals surface area contributed by atoms with Crippen LogP contribution in [0.3, 0.4) is 0 Å². The minimum Gasteiger partial charge on any atom is -0.422 e. The summed E-state index contributed by atoms with van der Waals surface area (Å²) in [5, 5.41) is 7.06. The van der Waals surface area contributed by atoms with Crippen LogP contribution in [-0.4, -0.2) is 24.0 Å². The Labute approximate surface area is 240 Å². The van der Waals surface area contributed by atoms with Crippen molar-refractivity contribution in [1.82, 2.24) is 5.43 Å². The zero-order valence-corrected chi connectivity index (χ0v) is 23.4.